The van der Waals surface area contributed by atoms with Crippen molar-refractivity contribution >= 4 is 5.82 Å². The molecule has 78 valence electrons. The summed E-state index contributed by atoms with van der Waals surface area (Å²) in [7, 11) is 0. The molecule has 1 aromatic carbocycles. The summed E-state index contributed by atoms with van der Waals surface area (Å²) >= 11 is 0. The lowest BCUT2D eigenvalue weighted by atomic mass is 10.2. The monoisotopic (exact) mass is 209 g/mol. The molecule has 0 radical (unpaired) electrons. The maximum absolute atomic E-state index is 13.2. The molecule has 0 bridgehead atoms. The van der Waals surface area contributed by atoms with Crippen molar-refractivity contribution < 1.29 is 8.78 Å². The van der Waals surface area contributed by atoms with E-state index in [-0.39, 0.29) is 18.2 Å². The Morgan fingerprint density at radius 3 is 2.67 bits per heavy atom. The third-order valence-electron chi connectivity index (χ3n) is 2.01. The van der Waals surface area contributed by atoms with Crippen LogP contribution in [0.3, 0.4) is 0 Å². The van der Waals surface area contributed by atoms with Gasteiger partial charge >= 0.3 is 0 Å². The molecule has 0 aliphatic rings. The Morgan fingerprint density at radius 1 is 1.20 bits per heavy atom. The maximum Gasteiger partial charge on any atom is 0.184 e. The highest BCUT2D eigenvalue weighted by molar-refractivity contribution is 5.35. The van der Waals surface area contributed by atoms with Crippen LogP contribution in [0.5, 0.6) is 0 Å². The molecule has 2 N–H and O–H groups in total. The first-order valence-corrected chi connectivity index (χ1v) is 4.43. The Balaban J connectivity index is 2.06. The third kappa shape index (κ3) is 2.12. The minimum absolute atomic E-state index is 0.165. The fourth-order valence-electron chi connectivity index (χ4n) is 1.22. The van der Waals surface area contributed by atoms with Gasteiger partial charge in [-0.15, -0.1) is 0 Å². The second-order valence-electron chi connectivity index (χ2n) is 3.04. The number of halogens is 2. The van der Waals surface area contributed by atoms with Crippen LogP contribution in [0, 0.1) is 11.6 Å². The summed E-state index contributed by atoms with van der Waals surface area (Å²) in [6.07, 6.45) is 1.06. The predicted molar refractivity (Wildman–Crippen MR) is 52.3 cm³/mol. The Hall–Kier alpha value is -1.91. The zero-order valence-corrected chi connectivity index (χ0v) is 7.80. The second-order valence-corrected chi connectivity index (χ2v) is 3.04. The number of rotatable bonds is 3. The number of anilines is 1. The van der Waals surface area contributed by atoms with Crippen LogP contribution in [-0.4, -0.2) is 10.2 Å². The number of benzene rings is 1. The Bertz CT molecular complexity index is 453. The smallest absolute Gasteiger partial charge is 0.184 e. The standard InChI is InChI=1S/C10H9F2N3/c11-8-4-2-1-3-7(8)5-13-10-9(12)6-14-15-10/h1-4,6H,5H2,(H2,13,14,15). The summed E-state index contributed by atoms with van der Waals surface area (Å²) < 4.78 is 26.1. The van der Waals surface area contributed by atoms with Gasteiger partial charge in [0.1, 0.15) is 5.82 Å². The number of hydrogen-bond acceptors (Lipinski definition) is 2. The summed E-state index contributed by atoms with van der Waals surface area (Å²) in [6.45, 7) is 0.214. The van der Waals surface area contributed by atoms with Crippen LogP contribution in [0.1, 0.15) is 5.56 Å². The fourth-order valence-corrected chi connectivity index (χ4v) is 1.22. The van der Waals surface area contributed by atoms with E-state index in [0.717, 1.165) is 6.20 Å². The van der Waals surface area contributed by atoms with Gasteiger partial charge in [0.05, 0.1) is 6.20 Å². The van der Waals surface area contributed by atoms with Gasteiger partial charge in [0.15, 0.2) is 11.6 Å². The lowest BCUT2D eigenvalue weighted by molar-refractivity contribution is 0.610. The topological polar surface area (TPSA) is 40.7 Å². The van der Waals surface area contributed by atoms with Gasteiger partial charge in [-0.25, -0.2) is 8.78 Å². The molecule has 2 aromatic rings. The van der Waals surface area contributed by atoms with Gasteiger partial charge in [-0.05, 0) is 6.07 Å². The van der Waals surface area contributed by atoms with Crippen molar-refractivity contribution in [3.63, 3.8) is 0 Å². The SMILES string of the molecule is Fc1ccccc1CNc1[nH]ncc1F. The van der Waals surface area contributed by atoms with Gasteiger partial charge in [-0.2, -0.15) is 5.10 Å². The molecule has 0 atom stereocenters. The molecule has 0 saturated carbocycles. The van der Waals surface area contributed by atoms with E-state index < -0.39 is 5.82 Å². The van der Waals surface area contributed by atoms with Crippen LogP contribution in [0.15, 0.2) is 30.5 Å². The van der Waals surface area contributed by atoms with Crippen molar-refractivity contribution in [1.82, 2.24) is 10.2 Å². The van der Waals surface area contributed by atoms with Gasteiger partial charge in [-0.1, -0.05) is 18.2 Å². The number of aromatic amines is 1. The molecule has 0 aliphatic carbocycles. The number of hydrogen-bond donors (Lipinski definition) is 2. The highest BCUT2D eigenvalue weighted by Gasteiger charge is 2.04. The molecule has 0 unspecified atom stereocenters. The largest absolute Gasteiger partial charge is 0.364 e. The predicted octanol–water partition coefficient (Wildman–Crippen LogP) is 2.30. The minimum Gasteiger partial charge on any atom is -0.364 e. The molecule has 0 spiro atoms. The summed E-state index contributed by atoms with van der Waals surface area (Å²) in [5.41, 5.74) is 0.478. The molecular formula is C10H9F2N3. The van der Waals surface area contributed by atoms with Crippen LogP contribution in [0.4, 0.5) is 14.6 Å². The molecule has 0 amide bonds. The van der Waals surface area contributed by atoms with Crippen molar-refractivity contribution in [2.24, 2.45) is 0 Å². The Morgan fingerprint density at radius 2 is 2.00 bits per heavy atom. The molecule has 15 heavy (non-hydrogen) atoms. The third-order valence-corrected chi connectivity index (χ3v) is 2.01. The van der Waals surface area contributed by atoms with Crippen LogP contribution < -0.4 is 5.32 Å². The van der Waals surface area contributed by atoms with Crippen LogP contribution >= 0.6 is 0 Å². The van der Waals surface area contributed by atoms with E-state index in [2.05, 4.69) is 15.5 Å². The van der Waals surface area contributed by atoms with Gasteiger partial charge in [0.25, 0.3) is 0 Å². The molecule has 0 aliphatic heterocycles. The zero-order valence-electron chi connectivity index (χ0n) is 7.80. The molecule has 0 fully saturated rings. The molecule has 2 rings (SSSR count). The maximum atomic E-state index is 13.2. The number of nitrogens with zero attached hydrogens (tertiary/aromatic N) is 1. The van der Waals surface area contributed by atoms with E-state index in [4.69, 9.17) is 0 Å². The van der Waals surface area contributed by atoms with Crippen molar-refractivity contribution in [3.05, 3.63) is 47.7 Å². The highest BCUT2D eigenvalue weighted by atomic mass is 19.1. The van der Waals surface area contributed by atoms with Crippen LogP contribution in [0.25, 0.3) is 0 Å². The van der Waals surface area contributed by atoms with E-state index in [0.29, 0.717) is 5.56 Å². The van der Waals surface area contributed by atoms with Crippen molar-refractivity contribution in [2.45, 2.75) is 6.54 Å². The Kier molecular flexibility index (Phi) is 2.62. The molecule has 3 nitrogen and oxygen atoms in total. The average Bonchev–Trinajstić information content (AvgIpc) is 2.63. The van der Waals surface area contributed by atoms with E-state index in [1.807, 2.05) is 0 Å². The first kappa shape index (κ1) is 9.64. The van der Waals surface area contributed by atoms with E-state index in [1.165, 1.54) is 6.07 Å². The first-order valence-electron chi connectivity index (χ1n) is 4.43. The van der Waals surface area contributed by atoms with Crippen molar-refractivity contribution in [1.29, 1.82) is 0 Å². The average molecular weight is 209 g/mol. The van der Waals surface area contributed by atoms with Crippen molar-refractivity contribution in [2.75, 3.05) is 5.32 Å². The number of nitrogens with one attached hydrogen (secondary N) is 2. The van der Waals surface area contributed by atoms with Gasteiger partial charge in [0.2, 0.25) is 0 Å². The summed E-state index contributed by atoms with van der Waals surface area (Å²) in [6, 6.07) is 6.33. The Labute approximate surface area is 85.1 Å². The first-order chi connectivity index (χ1) is 7.27. The molecule has 5 heteroatoms. The van der Waals surface area contributed by atoms with Crippen LogP contribution in [0.2, 0.25) is 0 Å². The van der Waals surface area contributed by atoms with Crippen molar-refractivity contribution in [3.8, 4) is 0 Å². The van der Waals surface area contributed by atoms with Crippen LogP contribution in [-0.2, 0) is 6.54 Å². The second kappa shape index (κ2) is 4.08. The molecular weight excluding hydrogens is 200 g/mol. The summed E-state index contributed by atoms with van der Waals surface area (Å²) in [5, 5.41) is 8.65. The number of aromatic nitrogens is 2. The van der Waals surface area contributed by atoms with Gasteiger partial charge in [-0.3, -0.25) is 5.10 Å². The molecule has 0 saturated heterocycles. The summed E-state index contributed by atoms with van der Waals surface area (Å²) in [5.74, 6) is -0.630. The fraction of sp³-hybridized carbons (Fsp3) is 0.100. The highest BCUT2D eigenvalue weighted by Crippen LogP contribution is 2.11. The quantitative estimate of drug-likeness (QED) is 0.814. The summed E-state index contributed by atoms with van der Waals surface area (Å²) in [4.78, 5) is 0. The number of H-pyrrole nitrogens is 1. The lowest BCUT2D eigenvalue weighted by Gasteiger charge is -2.04. The van der Waals surface area contributed by atoms with E-state index in [9.17, 15) is 8.78 Å². The van der Waals surface area contributed by atoms with Gasteiger partial charge in [0, 0.05) is 12.1 Å². The molecule has 1 heterocycles. The van der Waals surface area contributed by atoms with E-state index >= 15 is 0 Å². The normalized spacial score (nSPS) is 10.3. The lowest BCUT2D eigenvalue weighted by Crippen LogP contribution is -2.03. The van der Waals surface area contributed by atoms with E-state index in [1.54, 1.807) is 18.2 Å². The van der Waals surface area contributed by atoms with Gasteiger partial charge < -0.3 is 5.32 Å². The minimum atomic E-state index is -0.480. The molecule has 1 aromatic heterocycles. The zero-order chi connectivity index (χ0) is 10.7.